The van der Waals surface area contributed by atoms with E-state index in [1.54, 1.807) is 7.05 Å². The highest BCUT2D eigenvalue weighted by molar-refractivity contribution is 5.82. The fourth-order valence-corrected chi connectivity index (χ4v) is 1.94. The van der Waals surface area contributed by atoms with Gasteiger partial charge >= 0.3 is 12.1 Å². The molecule has 9 heteroatoms. The van der Waals surface area contributed by atoms with Crippen molar-refractivity contribution in [2.24, 2.45) is 12.8 Å². The molecule has 0 saturated carbocycles. The molecule has 0 aromatic carbocycles. The van der Waals surface area contributed by atoms with Crippen molar-refractivity contribution in [1.82, 2.24) is 19.7 Å². The van der Waals surface area contributed by atoms with E-state index in [4.69, 9.17) is 5.73 Å². The maximum absolute atomic E-state index is 12.3. The number of nitrogens with two attached hydrogens (primary N) is 1. The van der Waals surface area contributed by atoms with Gasteiger partial charge in [-0.3, -0.25) is 9.48 Å². The first-order chi connectivity index (χ1) is 8.22. The number of carbonyl (C=O) groups is 1. The summed E-state index contributed by atoms with van der Waals surface area (Å²) in [6.45, 7) is -0.275. The van der Waals surface area contributed by atoms with Gasteiger partial charge in [0.2, 0.25) is 0 Å². The van der Waals surface area contributed by atoms with Crippen LogP contribution in [0.25, 0.3) is 0 Å². The minimum Gasteiger partial charge on any atom is -0.332 e. The van der Waals surface area contributed by atoms with E-state index in [2.05, 4.69) is 10.1 Å². The Labute approximate surface area is 101 Å². The Morgan fingerprint density at radius 2 is 2.22 bits per heavy atom. The molecule has 2 heterocycles. The third-order valence-corrected chi connectivity index (χ3v) is 2.88. The minimum absolute atomic E-state index is 0.0485. The van der Waals surface area contributed by atoms with E-state index in [1.165, 1.54) is 11.0 Å². The molecule has 18 heavy (non-hydrogen) atoms. The highest BCUT2D eigenvalue weighted by Crippen LogP contribution is 2.30. The molecule has 1 atom stereocenters. The van der Waals surface area contributed by atoms with E-state index < -0.39 is 17.6 Å². The topological polar surface area (TPSA) is 77.0 Å². The Balaban J connectivity index is 2.15. The van der Waals surface area contributed by atoms with Gasteiger partial charge in [-0.05, 0) is 6.42 Å². The van der Waals surface area contributed by atoms with Gasteiger partial charge in [0.25, 0.3) is 0 Å². The average Bonchev–Trinajstić information content (AvgIpc) is 2.83. The smallest absolute Gasteiger partial charge is 0.332 e. The normalized spacial score (nSPS) is 24.6. The number of likely N-dealkylation sites (tertiary alicyclic amines) is 1. The molecule has 0 bridgehead atoms. The zero-order valence-corrected chi connectivity index (χ0v) is 9.61. The van der Waals surface area contributed by atoms with Crippen molar-refractivity contribution >= 4 is 5.91 Å². The Morgan fingerprint density at radius 3 is 2.72 bits per heavy atom. The minimum atomic E-state index is -4.87. The molecule has 6 nitrogen and oxygen atoms in total. The lowest BCUT2D eigenvalue weighted by atomic mass is 10.00. The van der Waals surface area contributed by atoms with Gasteiger partial charge in [0.15, 0.2) is 5.82 Å². The molecule has 1 aliphatic heterocycles. The van der Waals surface area contributed by atoms with Gasteiger partial charge in [-0.1, -0.05) is 0 Å². The zero-order valence-electron chi connectivity index (χ0n) is 9.61. The lowest BCUT2D eigenvalue weighted by Gasteiger charge is -2.22. The summed E-state index contributed by atoms with van der Waals surface area (Å²) in [5, 5.41) is 3.98. The molecule has 1 aromatic rings. The summed E-state index contributed by atoms with van der Waals surface area (Å²) in [5.74, 6) is -1.62. The van der Waals surface area contributed by atoms with E-state index >= 15 is 0 Å². The van der Waals surface area contributed by atoms with Gasteiger partial charge in [0.1, 0.15) is 6.33 Å². The number of alkyl halides is 3. The Morgan fingerprint density at radius 1 is 1.56 bits per heavy atom. The molecule has 2 rings (SSSR count). The lowest BCUT2D eigenvalue weighted by molar-refractivity contribution is -0.184. The zero-order chi connectivity index (χ0) is 13.6. The molecule has 1 amide bonds. The maximum atomic E-state index is 12.3. The van der Waals surface area contributed by atoms with E-state index in [9.17, 15) is 18.0 Å². The second-order valence-corrected chi connectivity index (χ2v) is 4.37. The predicted molar refractivity (Wildman–Crippen MR) is 54.1 cm³/mol. The molecule has 0 aliphatic carbocycles. The predicted octanol–water partition coefficient (Wildman–Crippen LogP) is -0.236. The molecule has 2 N–H and O–H groups in total. The molecule has 1 unspecified atom stereocenters. The molecular formula is C9H12F3N5O. The van der Waals surface area contributed by atoms with E-state index in [0.717, 1.165) is 0 Å². The molecular weight excluding hydrogens is 251 g/mol. The number of carbonyl (C=O) groups excluding carboxylic acids is 1. The first-order valence-electron chi connectivity index (χ1n) is 5.23. The van der Waals surface area contributed by atoms with Crippen LogP contribution in [0, 0.1) is 0 Å². The average molecular weight is 263 g/mol. The fraction of sp³-hybridized carbons (Fsp3) is 0.667. The van der Waals surface area contributed by atoms with Crippen LogP contribution >= 0.6 is 0 Å². The van der Waals surface area contributed by atoms with Crippen LogP contribution in [0.2, 0.25) is 0 Å². The van der Waals surface area contributed by atoms with Crippen molar-refractivity contribution in [3.8, 4) is 0 Å². The molecule has 1 aromatic heterocycles. The summed E-state index contributed by atoms with van der Waals surface area (Å²) in [6, 6.07) is 0. The Bertz CT molecular complexity index is 471. The van der Waals surface area contributed by atoms with Crippen LogP contribution in [0.15, 0.2) is 6.33 Å². The maximum Gasteiger partial charge on any atom is 0.471 e. The molecule has 0 spiro atoms. The molecule has 1 fully saturated rings. The van der Waals surface area contributed by atoms with Crippen molar-refractivity contribution in [2.45, 2.75) is 18.1 Å². The Kier molecular flexibility index (Phi) is 2.80. The van der Waals surface area contributed by atoms with E-state index in [-0.39, 0.29) is 25.3 Å². The summed E-state index contributed by atoms with van der Waals surface area (Å²) in [5.41, 5.74) is 4.86. The van der Waals surface area contributed by atoms with Gasteiger partial charge in [0, 0.05) is 20.1 Å². The van der Waals surface area contributed by atoms with Crippen LogP contribution in [0.3, 0.4) is 0 Å². The van der Waals surface area contributed by atoms with Crippen LogP contribution in [-0.2, 0) is 17.4 Å². The highest BCUT2D eigenvalue weighted by Gasteiger charge is 2.49. The quantitative estimate of drug-likeness (QED) is 0.759. The summed E-state index contributed by atoms with van der Waals surface area (Å²) in [7, 11) is 1.63. The fourth-order valence-electron chi connectivity index (χ4n) is 1.94. The summed E-state index contributed by atoms with van der Waals surface area (Å²) in [6.07, 6.45) is -3.25. The van der Waals surface area contributed by atoms with Crippen molar-refractivity contribution in [2.75, 3.05) is 13.1 Å². The summed E-state index contributed by atoms with van der Waals surface area (Å²) in [4.78, 5) is 15.7. The van der Waals surface area contributed by atoms with E-state index in [1.807, 2.05) is 0 Å². The van der Waals surface area contributed by atoms with Crippen molar-refractivity contribution in [3.63, 3.8) is 0 Å². The van der Waals surface area contributed by atoms with Crippen LogP contribution in [-0.4, -0.2) is 44.8 Å². The number of rotatable bonds is 1. The number of aromatic nitrogens is 3. The number of aryl methyl sites for hydroxylation is 1. The number of hydrogen-bond acceptors (Lipinski definition) is 4. The van der Waals surface area contributed by atoms with Crippen molar-refractivity contribution in [3.05, 3.63) is 12.2 Å². The SMILES string of the molecule is Cn1cnc(C2(N)CCN(C(=O)C(F)(F)F)C2)n1. The van der Waals surface area contributed by atoms with Crippen LogP contribution < -0.4 is 5.73 Å². The van der Waals surface area contributed by atoms with E-state index in [0.29, 0.717) is 4.90 Å². The van der Waals surface area contributed by atoms with Crippen LogP contribution in [0.1, 0.15) is 12.2 Å². The van der Waals surface area contributed by atoms with Crippen LogP contribution in [0.4, 0.5) is 13.2 Å². The molecule has 0 radical (unpaired) electrons. The number of amides is 1. The highest BCUT2D eigenvalue weighted by atomic mass is 19.4. The van der Waals surface area contributed by atoms with Gasteiger partial charge in [-0.15, -0.1) is 0 Å². The monoisotopic (exact) mass is 263 g/mol. The lowest BCUT2D eigenvalue weighted by Crippen LogP contribution is -2.45. The molecule has 1 aliphatic rings. The number of nitrogens with zero attached hydrogens (tertiary/aromatic N) is 4. The van der Waals surface area contributed by atoms with Gasteiger partial charge in [-0.2, -0.15) is 18.3 Å². The van der Waals surface area contributed by atoms with Crippen molar-refractivity contribution in [1.29, 1.82) is 0 Å². The second-order valence-electron chi connectivity index (χ2n) is 4.37. The standard InChI is InChI=1S/C9H12F3N5O/c1-16-5-14-6(15-16)8(13)2-3-17(4-8)7(18)9(10,11)12/h5H,2-4,13H2,1H3. The first kappa shape index (κ1) is 12.8. The number of halogens is 3. The summed E-state index contributed by atoms with van der Waals surface area (Å²) < 4.78 is 38.3. The second kappa shape index (κ2) is 3.94. The first-order valence-corrected chi connectivity index (χ1v) is 5.23. The van der Waals surface area contributed by atoms with Crippen molar-refractivity contribution < 1.29 is 18.0 Å². The van der Waals surface area contributed by atoms with Gasteiger partial charge in [-0.25, -0.2) is 4.98 Å². The van der Waals surface area contributed by atoms with Crippen LogP contribution in [0.5, 0.6) is 0 Å². The molecule has 1 saturated heterocycles. The third-order valence-electron chi connectivity index (χ3n) is 2.88. The van der Waals surface area contributed by atoms with Gasteiger partial charge < -0.3 is 10.6 Å². The summed E-state index contributed by atoms with van der Waals surface area (Å²) >= 11 is 0. The third kappa shape index (κ3) is 2.17. The molecule has 100 valence electrons. The largest absolute Gasteiger partial charge is 0.471 e. The number of hydrogen-bond donors (Lipinski definition) is 1. The Hall–Kier alpha value is -1.64. The van der Waals surface area contributed by atoms with Gasteiger partial charge in [0.05, 0.1) is 5.54 Å².